The first-order valence-electron chi connectivity index (χ1n) is 22.7. The molecule has 0 unspecified atom stereocenters. The zero-order chi connectivity index (χ0) is 40.3. The highest BCUT2D eigenvalue weighted by atomic mass is 15.0. The third kappa shape index (κ3) is 7.15. The molecule has 2 nitrogen and oxygen atoms in total. The van der Waals surface area contributed by atoms with Crippen LogP contribution in [0.15, 0.2) is 121 Å². The summed E-state index contributed by atoms with van der Waals surface area (Å²) in [6.45, 7) is 11.1. The van der Waals surface area contributed by atoms with Gasteiger partial charge in [0.05, 0.1) is 0 Å². The monoisotopic (exact) mass is 772 g/mol. The van der Waals surface area contributed by atoms with Crippen molar-refractivity contribution < 1.29 is 0 Å². The molecule has 2 heteroatoms. The number of unbranched alkanes of at least 4 members (excludes halogenated alkanes) is 6. The van der Waals surface area contributed by atoms with Gasteiger partial charge in [0, 0.05) is 62.1 Å². The maximum Gasteiger partial charge on any atom is 0.0491 e. The number of rotatable bonds is 16. The third-order valence-corrected chi connectivity index (χ3v) is 13.5. The van der Waals surface area contributed by atoms with Gasteiger partial charge >= 0.3 is 0 Å². The number of aryl methyl sites for hydroxylation is 2. The summed E-state index contributed by atoms with van der Waals surface area (Å²) in [5, 5.41) is 5.34. The minimum atomic E-state index is 0.0155. The van der Waals surface area contributed by atoms with Crippen molar-refractivity contribution in [2.24, 2.45) is 0 Å². The molecule has 0 bridgehead atoms. The van der Waals surface area contributed by atoms with Gasteiger partial charge < -0.3 is 9.13 Å². The Morgan fingerprint density at radius 3 is 1.20 bits per heavy atom. The summed E-state index contributed by atoms with van der Waals surface area (Å²) in [7, 11) is 0. The molecule has 0 saturated heterocycles. The Morgan fingerprint density at radius 1 is 0.390 bits per heavy atom. The van der Waals surface area contributed by atoms with Gasteiger partial charge in [0.1, 0.15) is 0 Å². The zero-order valence-corrected chi connectivity index (χ0v) is 35.7. The summed E-state index contributed by atoms with van der Waals surface area (Å²) in [5.74, 6) is 0. The maximum atomic E-state index is 2.56. The van der Waals surface area contributed by atoms with Crippen LogP contribution < -0.4 is 0 Å². The lowest BCUT2D eigenvalue weighted by Gasteiger charge is -2.33. The van der Waals surface area contributed by atoms with Crippen LogP contribution in [0.2, 0.25) is 0 Å². The molecular weight excluding hydrogens is 713 g/mol. The van der Waals surface area contributed by atoms with Crippen LogP contribution in [0.1, 0.15) is 125 Å². The summed E-state index contributed by atoms with van der Waals surface area (Å²) < 4.78 is 4.87. The van der Waals surface area contributed by atoms with Crippen LogP contribution in [0.5, 0.6) is 0 Å². The van der Waals surface area contributed by atoms with E-state index in [0.717, 1.165) is 13.1 Å². The fraction of sp³-hybridized carbons (Fsp3) is 0.298. The van der Waals surface area contributed by atoms with Crippen LogP contribution in [-0.2, 0) is 18.5 Å². The summed E-state index contributed by atoms with van der Waals surface area (Å²) in [6, 6.07) is 46.3. The van der Waals surface area contributed by atoms with Gasteiger partial charge in [-0.15, -0.1) is 0 Å². The summed E-state index contributed by atoms with van der Waals surface area (Å²) in [4.78, 5) is 0. The summed E-state index contributed by atoms with van der Waals surface area (Å²) in [5.41, 5.74) is 16.3. The van der Waals surface area contributed by atoms with Crippen LogP contribution in [0.4, 0.5) is 0 Å². The Kier molecular flexibility index (Phi) is 11.2. The van der Waals surface area contributed by atoms with Crippen molar-refractivity contribution in [3.63, 3.8) is 0 Å². The highest BCUT2D eigenvalue weighted by Gasteiger charge is 2.42. The van der Waals surface area contributed by atoms with Crippen LogP contribution in [-0.4, -0.2) is 9.13 Å². The number of hydrogen-bond donors (Lipinski definition) is 0. The van der Waals surface area contributed by atoms with Crippen LogP contribution in [0.25, 0.3) is 79.0 Å². The minimum Gasteiger partial charge on any atom is -0.341 e. The molecule has 0 fully saturated rings. The highest BCUT2D eigenvalue weighted by Crippen LogP contribution is 2.55. The van der Waals surface area contributed by atoms with Crippen molar-refractivity contribution in [1.29, 1.82) is 0 Å². The van der Waals surface area contributed by atoms with E-state index in [2.05, 4.69) is 182 Å². The SMILES string of the molecule is CCCCCCC1(CCCCCC)c2cc(C=Cc3ccc4c(c3)c3ccccc3n4CC)ccc2-c2ccc(C=Cc3ccc4c(c3)c3ccccc3n4CC)cc21. The van der Waals surface area contributed by atoms with Gasteiger partial charge in [0.2, 0.25) is 0 Å². The maximum absolute atomic E-state index is 2.56. The van der Waals surface area contributed by atoms with Crippen molar-refractivity contribution in [3.05, 3.63) is 155 Å². The first-order valence-corrected chi connectivity index (χ1v) is 22.7. The lowest BCUT2D eigenvalue weighted by atomic mass is 9.70. The van der Waals surface area contributed by atoms with Crippen molar-refractivity contribution in [2.75, 3.05) is 0 Å². The standard InChI is InChI=1S/C57H60N2/c1-5-9-11-17-35-57(36-18-12-10-6-2)51-39-43(25-23-41-29-33-55-49(37-41)47-19-13-15-21-53(47)58(55)7-3)27-31-45(51)46-32-28-44(40-52(46)57)26-24-42-30-34-56-50(38-42)48-20-14-16-22-54(48)59(56)8-4/h13-16,19-34,37-40H,5-12,17-18,35-36H2,1-4H3. The van der Waals surface area contributed by atoms with Crippen molar-refractivity contribution in [1.82, 2.24) is 9.13 Å². The molecule has 0 amide bonds. The van der Waals surface area contributed by atoms with Crippen molar-refractivity contribution in [2.45, 2.75) is 110 Å². The molecule has 8 aromatic rings. The largest absolute Gasteiger partial charge is 0.341 e. The van der Waals surface area contributed by atoms with E-state index < -0.39 is 0 Å². The molecule has 2 aromatic heterocycles. The highest BCUT2D eigenvalue weighted by molar-refractivity contribution is 6.10. The predicted octanol–water partition coefficient (Wildman–Crippen LogP) is 16.5. The molecule has 0 spiro atoms. The molecule has 0 N–H and O–H groups in total. The molecule has 9 rings (SSSR count). The molecule has 6 aromatic carbocycles. The molecule has 59 heavy (non-hydrogen) atoms. The van der Waals surface area contributed by atoms with Crippen LogP contribution in [0.3, 0.4) is 0 Å². The molecule has 1 aliphatic carbocycles. The molecular formula is C57H60N2. The second-order valence-corrected chi connectivity index (χ2v) is 17.1. The second-order valence-electron chi connectivity index (χ2n) is 17.1. The predicted molar refractivity (Wildman–Crippen MR) is 258 cm³/mol. The van der Waals surface area contributed by atoms with E-state index in [0.29, 0.717) is 0 Å². The zero-order valence-electron chi connectivity index (χ0n) is 35.7. The van der Waals surface area contributed by atoms with E-state index in [1.54, 1.807) is 11.1 Å². The first-order chi connectivity index (χ1) is 29.1. The topological polar surface area (TPSA) is 9.86 Å². The Labute approximate surface area is 351 Å². The Bertz CT molecular complexity index is 2640. The van der Waals surface area contributed by atoms with Crippen molar-refractivity contribution in [3.8, 4) is 11.1 Å². The molecule has 1 aliphatic rings. The smallest absolute Gasteiger partial charge is 0.0491 e. The van der Waals surface area contributed by atoms with Gasteiger partial charge in [-0.1, -0.05) is 174 Å². The molecule has 0 saturated carbocycles. The number of aromatic nitrogens is 2. The van der Waals surface area contributed by atoms with Gasteiger partial charge in [-0.05, 0) is 108 Å². The van der Waals surface area contributed by atoms with E-state index in [9.17, 15) is 0 Å². The molecule has 0 atom stereocenters. The Balaban J connectivity index is 1.08. The van der Waals surface area contributed by atoms with Crippen molar-refractivity contribution >= 4 is 67.9 Å². The summed E-state index contributed by atoms with van der Waals surface area (Å²) in [6.07, 6.45) is 22.0. The minimum absolute atomic E-state index is 0.0155. The number of fused-ring (bicyclic) bond motifs is 9. The number of para-hydroxylation sites is 2. The molecule has 0 radical (unpaired) electrons. The van der Waals surface area contributed by atoms with E-state index in [1.807, 2.05) is 0 Å². The normalized spacial score (nSPS) is 13.6. The fourth-order valence-electron chi connectivity index (χ4n) is 10.5. The average Bonchev–Trinajstić information content (AvgIpc) is 3.87. The number of hydrogen-bond acceptors (Lipinski definition) is 0. The molecule has 298 valence electrons. The Morgan fingerprint density at radius 2 is 0.780 bits per heavy atom. The molecule has 0 aliphatic heterocycles. The van der Waals surface area contributed by atoms with E-state index in [1.165, 1.54) is 141 Å². The lowest BCUT2D eigenvalue weighted by molar-refractivity contribution is 0.401. The fourth-order valence-corrected chi connectivity index (χ4v) is 10.5. The van der Waals surface area contributed by atoms with Gasteiger partial charge in [0.15, 0.2) is 0 Å². The van der Waals surface area contributed by atoms with Crippen LogP contribution in [0, 0.1) is 0 Å². The van der Waals surface area contributed by atoms with Crippen LogP contribution >= 0.6 is 0 Å². The lowest BCUT2D eigenvalue weighted by Crippen LogP contribution is -2.25. The molecule has 2 heterocycles. The van der Waals surface area contributed by atoms with Gasteiger partial charge in [0.25, 0.3) is 0 Å². The quantitative estimate of drug-likeness (QED) is 0.0684. The average molecular weight is 773 g/mol. The Hall–Kier alpha value is -5.60. The summed E-state index contributed by atoms with van der Waals surface area (Å²) >= 11 is 0. The second kappa shape index (κ2) is 16.9. The van der Waals surface area contributed by atoms with E-state index >= 15 is 0 Å². The third-order valence-electron chi connectivity index (χ3n) is 13.5. The first kappa shape index (κ1) is 38.9. The van der Waals surface area contributed by atoms with E-state index in [-0.39, 0.29) is 5.41 Å². The number of benzene rings is 6. The van der Waals surface area contributed by atoms with Gasteiger partial charge in [-0.2, -0.15) is 0 Å². The van der Waals surface area contributed by atoms with E-state index in [4.69, 9.17) is 0 Å². The van der Waals surface area contributed by atoms with Gasteiger partial charge in [-0.25, -0.2) is 0 Å². The van der Waals surface area contributed by atoms with Gasteiger partial charge in [-0.3, -0.25) is 0 Å². The number of nitrogens with zero attached hydrogens (tertiary/aromatic N) is 2.